The van der Waals surface area contributed by atoms with Crippen molar-refractivity contribution in [2.24, 2.45) is 5.84 Å². The molecule has 0 aliphatic heterocycles. The van der Waals surface area contributed by atoms with Crippen LogP contribution in [0.2, 0.25) is 0 Å². The Morgan fingerprint density at radius 2 is 2.05 bits per heavy atom. The van der Waals surface area contributed by atoms with Gasteiger partial charge in [-0.2, -0.15) is 4.31 Å². The number of sulfonamides is 1. The predicted molar refractivity (Wildman–Crippen MR) is 79.7 cm³/mol. The first-order valence-corrected chi connectivity index (χ1v) is 7.93. The molecule has 8 heteroatoms. The number of pyridine rings is 1. The van der Waals surface area contributed by atoms with Crippen LogP contribution in [0.3, 0.4) is 0 Å². The average Bonchev–Trinajstić information content (AvgIpc) is 2.43. The van der Waals surface area contributed by atoms with E-state index in [1.165, 1.54) is 22.6 Å². The molecule has 0 aromatic carbocycles. The van der Waals surface area contributed by atoms with Gasteiger partial charge in [-0.1, -0.05) is 6.92 Å². The molecule has 0 spiro atoms. The number of rotatable bonds is 8. The van der Waals surface area contributed by atoms with Gasteiger partial charge in [0.25, 0.3) is 0 Å². The molecule has 0 bridgehead atoms. The molecule has 0 aliphatic rings. The monoisotopic (exact) mass is 301 g/mol. The van der Waals surface area contributed by atoms with Gasteiger partial charge >= 0.3 is 0 Å². The number of aromatic nitrogens is 1. The number of nitrogens with one attached hydrogen (secondary N) is 1. The molecule has 20 heavy (non-hydrogen) atoms. The number of anilines is 1. The summed E-state index contributed by atoms with van der Waals surface area (Å²) >= 11 is 0. The SMILES string of the molecule is CCN(CCCN(C)C)S(=O)(=O)c1ccnc(NN)c1. The van der Waals surface area contributed by atoms with Crippen molar-refractivity contribution in [3.05, 3.63) is 18.3 Å². The van der Waals surface area contributed by atoms with Crippen LogP contribution < -0.4 is 11.3 Å². The maximum Gasteiger partial charge on any atom is 0.243 e. The largest absolute Gasteiger partial charge is 0.309 e. The van der Waals surface area contributed by atoms with Crippen molar-refractivity contribution < 1.29 is 8.42 Å². The normalized spacial score (nSPS) is 12.1. The molecule has 0 unspecified atom stereocenters. The van der Waals surface area contributed by atoms with Crippen molar-refractivity contribution in [1.82, 2.24) is 14.2 Å². The van der Waals surface area contributed by atoms with Crippen molar-refractivity contribution in [3.63, 3.8) is 0 Å². The second kappa shape index (κ2) is 7.53. The van der Waals surface area contributed by atoms with E-state index in [-0.39, 0.29) is 4.90 Å². The Balaban J connectivity index is 2.88. The highest BCUT2D eigenvalue weighted by molar-refractivity contribution is 7.89. The molecule has 0 atom stereocenters. The topological polar surface area (TPSA) is 91.6 Å². The molecule has 7 nitrogen and oxygen atoms in total. The van der Waals surface area contributed by atoms with E-state index in [1.807, 2.05) is 25.9 Å². The zero-order valence-corrected chi connectivity index (χ0v) is 13.0. The van der Waals surface area contributed by atoms with Gasteiger partial charge in [-0.05, 0) is 33.1 Å². The van der Waals surface area contributed by atoms with Crippen molar-refractivity contribution in [2.45, 2.75) is 18.2 Å². The number of nitrogens with two attached hydrogens (primary N) is 1. The molecular weight excluding hydrogens is 278 g/mol. The molecule has 3 N–H and O–H groups in total. The van der Waals surface area contributed by atoms with Gasteiger partial charge in [-0.25, -0.2) is 19.2 Å². The lowest BCUT2D eigenvalue weighted by atomic mass is 10.4. The van der Waals surface area contributed by atoms with E-state index in [9.17, 15) is 8.42 Å². The van der Waals surface area contributed by atoms with Gasteiger partial charge in [0.2, 0.25) is 10.0 Å². The van der Waals surface area contributed by atoms with Crippen molar-refractivity contribution in [3.8, 4) is 0 Å². The van der Waals surface area contributed by atoms with Gasteiger partial charge in [0, 0.05) is 25.4 Å². The fourth-order valence-corrected chi connectivity index (χ4v) is 3.31. The van der Waals surface area contributed by atoms with Crippen LogP contribution in [-0.4, -0.2) is 56.3 Å². The minimum Gasteiger partial charge on any atom is -0.309 e. The summed E-state index contributed by atoms with van der Waals surface area (Å²) in [6.07, 6.45) is 2.21. The Bertz CT molecular complexity index is 518. The first-order valence-electron chi connectivity index (χ1n) is 6.49. The van der Waals surface area contributed by atoms with E-state index in [4.69, 9.17) is 5.84 Å². The third-order valence-corrected chi connectivity index (χ3v) is 4.85. The summed E-state index contributed by atoms with van der Waals surface area (Å²) in [5, 5.41) is 0. The maximum absolute atomic E-state index is 12.5. The first kappa shape index (κ1) is 16.8. The lowest BCUT2D eigenvalue weighted by Crippen LogP contribution is -2.33. The Kier molecular flexibility index (Phi) is 6.34. The molecule has 0 radical (unpaired) electrons. The molecule has 0 amide bonds. The summed E-state index contributed by atoms with van der Waals surface area (Å²) in [4.78, 5) is 6.15. The molecule has 1 aromatic heterocycles. The summed E-state index contributed by atoms with van der Waals surface area (Å²) in [7, 11) is 0.428. The highest BCUT2D eigenvalue weighted by atomic mass is 32.2. The highest BCUT2D eigenvalue weighted by Gasteiger charge is 2.23. The summed E-state index contributed by atoms with van der Waals surface area (Å²) in [5.41, 5.74) is 2.35. The lowest BCUT2D eigenvalue weighted by molar-refractivity contribution is 0.356. The fraction of sp³-hybridized carbons (Fsp3) is 0.583. The lowest BCUT2D eigenvalue weighted by Gasteiger charge is -2.21. The van der Waals surface area contributed by atoms with Crippen LogP contribution in [0.5, 0.6) is 0 Å². The van der Waals surface area contributed by atoms with E-state index in [2.05, 4.69) is 10.4 Å². The second-order valence-electron chi connectivity index (χ2n) is 4.67. The molecule has 1 heterocycles. The molecule has 1 aromatic rings. The molecule has 0 fully saturated rings. The second-order valence-corrected chi connectivity index (χ2v) is 6.61. The van der Waals surface area contributed by atoms with E-state index >= 15 is 0 Å². The molecule has 114 valence electrons. The van der Waals surface area contributed by atoms with Gasteiger partial charge in [0.1, 0.15) is 5.82 Å². The van der Waals surface area contributed by atoms with Crippen LogP contribution in [0.1, 0.15) is 13.3 Å². The van der Waals surface area contributed by atoms with Gasteiger partial charge < -0.3 is 10.3 Å². The minimum atomic E-state index is -3.50. The third kappa shape index (κ3) is 4.41. The fourth-order valence-electron chi connectivity index (χ4n) is 1.81. The van der Waals surface area contributed by atoms with Crippen LogP contribution in [0, 0.1) is 0 Å². The van der Waals surface area contributed by atoms with Crippen LogP contribution in [0.4, 0.5) is 5.82 Å². The van der Waals surface area contributed by atoms with Gasteiger partial charge in [-0.3, -0.25) is 0 Å². The Morgan fingerprint density at radius 3 is 2.60 bits per heavy atom. The van der Waals surface area contributed by atoms with Crippen molar-refractivity contribution >= 4 is 15.8 Å². The summed E-state index contributed by atoms with van der Waals surface area (Å²) < 4.78 is 26.5. The Hall–Kier alpha value is -1.22. The zero-order chi connectivity index (χ0) is 15.2. The molecule has 0 saturated heterocycles. The van der Waals surface area contributed by atoms with Crippen LogP contribution in [0.15, 0.2) is 23.2 Å². The predicted octanol–water partition coefficient (Wildman–Crippen LogP) is 0.330. The summed E-state index contributed by atoms with van der Waals surface area (Å²) in [6, 6.07) is 2.91. The zero-order valence-electron chi connectivity index (χ0n) is 12.2. The Morgan fingerprint density at radius 1 is 1.35 bits per heavy atom. The summed E-state index contributed by atoms with van der Waals surface area (Å²) in [5.74, 6) is 5.59. The standard InChI is InChI=1S/C12H23N5O2S/c1-4-17(9-5-8-16(2)3)20(18,19)11-6-7-14-12(10-11)15-13/h6-7,10H,4-5,8-9,13H2,1-3H3,(H,14,15). The number of nitrogen functional groups attached to an aromatic ring is 1. The Labute approximate surface area is 120 Å². The van der Waals surface area contributed by atoms with E-state index in [0.29, 0.717) is 18.9 Å². The molecule has 1 rings (SSSR count). The number of hydrogen-bond acceptors (Lipinski definition) is 6. The molecule has 0 saturated carbocycles. The third-order valence-electron chi connectivity index (χ3n) is 2.88. The quantitative estimate of drug-likeness (QED) is 0.531. The smallest absolute Gasteiger partial charge is 0.243 e. The highest BCUT2D eigenvalue weighted by Crippen LogP contribution is 2.17. The van der Waals surface area contributed by atoms with E-state index in [1.54, 1.807) is 0 Å². The first-order chi connectivity index (χ1) is 9.41. The summed E-state index contributed by atoms with van der Waals surface area (Å²) in [6.45, 7) is 3.60. The van der Waals surface area contributed by atoms with Gasteiger partial charge in [0.05, 0.1) is 4.90 Å². The molecule has 0 aliphatic carbocycles. The van der Waals surface area contributed by atoms with Gasteiger partial charge in [0.15, 0.2) is 0 Å². The minimum absolute atomic E-state index is 0.201. The van der Waals surface area contributed by atoms with Crippen molar-refractivity contribution in [2.75, 3.05) is 39.2 Å². The van der Waals surface area contributed by atoms with Crippen LogP contribution in [0.25, 0.3) is 0 Å². The number of nitrogens with zero attached hydrogens (tertiary/aromatic N) is 3. The number of hydrazine groups is 1. The average molecular weight is 301 g/mol. The van der Waals surface area contributed by atoms with Crippen LogP contribution in [-0.2, 0) is 10.0 Å². The molecular formula is C12H23N5O2S. The van der Waals surface area contributed by atoms with E-state index in [0.717, 1.165) is 13.0 Å². The number of hydrogen-bond donors (Lipinski definition) is 2. The van der Waals surface area contributed by atoms with Crippen LogP contribution >= 0.6 is 0 Å². The van der Waals surface area contributed by atoms with Crippen molar-refractivity contribution in [1.29, 1.82) is 0 Å². The van der Waals surface area contributed by atoms with Gasteiger partial charge in [-0.15, -0.1) is 0 Å². The maximum atomic E-state index is 12.5. The van der Waals surface area contributed by atoms with E-state index < -0.39 is 10.0 Å².